The number of nitrogens with zero attached hydrogens (tertiary/aromatic N) is 1. The normalized spacial score (nSPS) is 9.45. The Balaban J connectivity index is -0.000000529. The number of hydrogen-bond donors (Lipinski definition) is 1. The fraction of sp³-hybridized carbons (Fsp3) is 0.600. The minimum atomic E-state index is -0.249. The molecule has 0 unspecified atom stereocenters. The summed E-state index contributed by atoms with van der Waals surface area (Å²) in [7, 11) is 1.71. The van der Waals surface area contributed by atoms with Crippen molar-refractivity contribution < 1.29 is 25.7 Å². The molecule has 1 heterocycles. The topological polar surface area (TPSA) is 48.1 Å². The molecule has 0 amide bonds. The van der Waals surface area contributed by atoms with E-state index in [9.17, 15) is 0 Å². The molecule has 1 radical (unpaired) electrons. The van der Waals surface area contributed by atoms with Gasteiger partial charge in [-0.25, -0.2) is 4.98 Å². The van der Waals surface area contributed by atoms with Crippen LogP contribution in [0.25, 0.3) is 0 Å². The van der Waals surface area contributed by atoms with Crippen LogP contribution in [0.1, 0.15) is 55.4 Å². The van der Waals surface area contributed by atoms with Crippen LogP contribution in [-0.2, 0) is 25.7 Å². The molecule has 0 aliphatic rings. The molecule has 0 fully saturated rings. The van der Waals surface area contributed by atoms with E-state index in [0.29, 0.717) is 5.82 Å². The molecular formula is C15H29BN2OW-. The molecule has 0 bridgehead atoms. The fourth-order valence-electron chi connectivity index (χ4n) is 0.820. The van der Waals surface area contributed by atoms with Gasteiger partial charge in [0.05, 0.1) is 0 Å². The first-order valence-electron chi connectivity index (χ1n) is 6.95. The van der Waals surface area contributed by atoms with Crippen LogP contribution in [0.3, 0.4) is 0 Å². The van der Waals surface area contributed by atoms with Gasteiger partial charge in [-0.2, -0.15) is 13.8 Å². The number of nitrogen functional groups attached to an aromatic ring is 1. The summed E-state index contributed by atoms with van der Waals surface area (Å²) in [6.07, 6.45) is 1.69. The molecule has 0 aliphatic carbocycles. The molecule has 5 heteroatoms. The molecule has 3 nitrogen and oxygen atoms in total. The summed E-state index contributed by atoms with van der Waals surface area (Å²) in [4.78, 5) is 3.98. The molecule has 0 aliphatic heterocycles. The quantitative estimate of drug-likeness (QED) is 0.568. The maximum Gasteiger partial charge on any atom is 0.329 e. The average Bonchev–Trinajstić information content (AvgIpc) is 2.42. The van der Waals surface area contributed by atoms with E-state index in [0.717, 1.165) is 5.46 Å². The van der Waals surface area contributed by atoms with Gasteiger partial charge in [0.1, 0.15) is 5.82 Å². The Morgan fingerprint density at radius 3 is 2.00 bits per heavy atom. The van der Waals surface area contributed by atoms with Crippen LogP contribution in [0.2, 0.25) is 0 Å². The number of pyridine rings is 1. The van der Waals surface area contributed by atoms with Crippen LogP contribution in [0.5, 0.6) is 0 Å². The van der Waals surface area contributed by atoms with Crippen molar-refractivity contribution >= 4 is 18.8 Å². The van der Waals surface area contributed by atoms with Crippen LogP contribution in [-0.4, -0.2) is 18.1 Å². The average molecular weight is 448 g/mol. The summed E-state index contributed by atoms with van der Waals surface area (Å²) in [5.74, 6) is 1.74. The zero-order chi connectivity index (χ0) is 15.5. The third-order valence-corrected chi connectivity index (χ3v) is 2.50. The Labute approximate surface area is 140 Å². The summed E-state index contributed by atoms with van der Waals surface area (Å²) >= 11 is 0. The SMILES string of the molecule is CC.CC.C[C-](C)C(C)(C)O[B]c1ccc(N)nc1.[W]. The minimum Gasteiger partial charge on any atom is -0.460 e. The van der Waals surface area contributed by atoms with Crippen molar-refractivity contribution in [2.45, 2.75) is 61.0 Å². The zero-order valence-electron chi connectivity index (χ0n) is 14.2. The van der Waals surface area contributed by atoms with Gasteiger partial charge in [-0.1, -0.05) is 53.2 Å². The second-order valence-electron chi connectivity index (χ2n) is 4.26. The number of anilines is 1. The Morgan fingerprint density at radius 1 is 1.15 bits per heavy atom. The van der Waals surface area contributed by atoms with Gasteiger partial charge in [-0.05, 0) is 11.5 Å². The maximum absolute atomic E-state index is 5.67. The van der Waals surface area contributed by atoms with Crippen molar-refractivity contribution in [2.75, 3.05) is 5.73 Å². The number of rotatable bonds is 4. The largest absolute Gasteiger partial charge is 0.460 e. The van der Waals surface area contributed by atoms with Crippen molar-refractivity contribution in [2.24, 2.45) is 0 Å². The van der Waals surface area contributed by atoms with E-state index >= 15 is 0 Å². The zero-order valence-corrected chi connectivity index (χ0v) is 17.1. The molecule has 20 heavy (non-hydrogen) atoms. The van der Waals surface area contributed by atoms with Crippen LogP contribution < -0.4 is 11.2 Å². The van der Waals surface area contributed by atoms with E-state index in [2.05, 4.69) is 18.8 Å². The Hall–Kier alpha value is -0.337. The summed E-state index contributed by atoms with van der Waals surface area (Å²) in [6, 6.07) is 3.63. The maximum atomic E-state index is 5.67. The van der Waals surface area contributed by atoms with E-state index in [-0.39, 0.29) is 26.7 Å². The molecule has 0 saturated heterocycles. The molecule has 0 spiro atoms. The molecule has 1 aromatic heterocycles. The molecule has 0 atom stereocenters. The fourth-order valence-corrected chi connectivity index (χ4v) is 0.820. The standard InChI is InChI=1S/C11H17BN2O.2C2H6.W/c1-8(2)11(3,4)15-12-9-5-6-10(13)14-7-9;2*1-2;/h5-7H,1-4H3,(H2,13,14);2*1-2H3;/q-1;;;. The number of hydrogen-bond acceptors (Lipinski definition) is 3. The van der Waals surface area contributed by atoms with Crippen molar-refractivity contribution in [1.82, 2.24) is 4.98 Å². The van der Waals surface area contributed by atoms with Gasteiger partial charge < -0.3 is 10.4 Å². The van der Waals surface area contributed by atoms with Crippen molar-refractivity contribution in [1.29, 1.82) is 0 Å². The van der Waals surface area contributed by atoms with E-state index < -0.39 is 0 Å². The number of nitrogens with two attached hydrogens (primary N) is 1. The van der Waals surface area contributed by atoms with Crippen LogP contribution in [0, 0.1) is 5.92 Å². The van der Waals surface area contributed by atoms with E-state index in [4.69, 9.17) is 10.4 Å². The molecule has 1 rings (SSSR count). The third-order valence-electron chi connectivity index (χ3n) is 2.50. The van der Waals surface area contributed by atoms with Crippen LogP contribution in [0.4, 0.5) is 5.82 Å². The van der Waals surface area contributed by atoms with E-state index in [1.165, 1.54) is 5.92 Å². The van der Waals surface area contributed by atoms with Crippen LogP contribution in [0.15, 0.2) is 18.3 Å². The first-order chi connectivity index (χ1) is 8.92. The minimum absolute atomic E-state index is 0. The molecule has 0 saturated carbocycles. The first kappa shape index (κ1) is 24.7. The van der Waals surface area contributed by atoms with E-state index in [1.54, 1.807) is 19.7 Å². The van der Waals surface area contributed by atoms with Gasteiger partial charge in [0.2, 0.25) is 0 Å². The monoisotopic (exact) mass is 448 g/mol. The molecule has 1 aromatic rings. The predicted molar refractivity (Wildman–Crippen MR) is 86.5 cm³/mol. The number of aromatic nitrogens is 1. The summed E-state index contributed by atoms with van der Waals surface area (Å²) in [5, 5.41) is 0. The second-order valence-corrected chi connectivity index (χ2v) is 4.26. The van der Waals surface area contributed by atoms with Crippen molar-refractivity contribution in [3.8, 4) is 0 Å². The third kappa shape index (κ3) is 10.5. The summed E-state index contributed by atoms with van der Waals surface area (Å²) in [6.45, 7) is 16.2. The van der Waals surface area contributed by atoms with Gasteiger partial charge in [-0.3, -0.25) is 5.92 Å². The second kappa shape index (κ2) is 13.6. The van der Waals surface area contributed by atoms with Gasteiger partial charge in [0, 0.05) is 27.3 Å². The molecule has 2 N–H and O–H groups in total. The molecule has 0 aromatic carbocycles. The van der Waals surface area contributed by atoms with Gasteiger partial charge in [0.25, 0.3) is 0 Å². The Bertz CT molecular complexity index is 316. The predicted octanol–water partition coefficient (Wildman–Crippen LogP) is 3.37. The van der Waals surface area contributed by atoms with E-state index in [1.807, 2.05) is 47.6 Å². The Kier molecular flexibility index (Phi) is 16.8. The Morgan fingerprint density at radius 2 is 1.65 bits per heavy atom. The van der Waals surface area contributed by atoms with Gasteiger partial charge in [-0.15, -0.1) is 0 Å². The van der Waals surface area contributed by atoms with Crippen LogP contribution >= 0.6 is 0 Å². The van der Waals surface area contributed by atoms with Crippen molar-refractivity contribution in [3.63, 3.8) is 0 Å². The first-order valence-corrected chi connectivity index (χ1v) is 6.95. The summed E-state index contributed by atoms with van der Waals surface area (Å²) in [5.41, 5.74) is 6.15. The summed E-state index contributed by atoms with van der Waals surface area (Å²) < 4.78 is 5.67. The smallest absolute Gasteiger partial charge is 0.329 e. The van der Waals surface area contributed by atoms with Gasteiger partial charge in [0.15, 0.2) is 0 Å². The van der Waals surface area contributed by atoms with Gasteiger partial charge >= 0.3 is 7.48 Å². The van der Waals surface area contributed by atoms with Crippen molar-refractivity contribution in [3.05, 3.63) is 24.2 Å². The molecule has 115 valence electrons. The molecular weight excluding hydrogens is 419 g/mol.